The van der Waals surface area contributed by atoms with E-state index >= 15 is 0 Å². The lowest BCUT2D eigenvalue weighted by Crippen LogP contribution is -2.49. The number of piperidine rings is 1. The van der Waals surface area contributed by atoms with Crippen LogP contribution in [0.3, 0.4) is 0 Å². The number of amides is 1. The molecule has 2 aromatic rings. The highest BCUT2D eigenvalue weighted by Crippen LogP contribution is 2.36. The quantitative estimate of drug-likeness (QED) is 0.661. The number of hydrogen-bond acceptors (Lipinski definition) is 5. The van der Waals surface area contributed by atoms with E-state index in [2.05, 4.69) is 0 Å². The number of anilines is 1. The molecule has 170 valence electrons. The second-order valence-electron chi connectivity index (χ2n) is 8.50. The van der Waals surface area contributed by atoms with E-state index in [0.717, 1.165) is 22.4 Å². The van der Waals surface area contributed by atoms with Gasteiger partial charge < -0.3 is 4.74 Å². The van der Waals surface area contributed by atoms with Crippen LogP contribution in [0.15, 0.2) is 47.4 Å². The maximum atomic E-state index is 13.5. The van der Waals surface area contributed by atoms with E-state index in [1.165, 1.54) is 11.4 Å². The van der Waals surface area contributed by atoms with Crippen LogP contribution in [0, 0.1) is 19.8 Å². The van der Waals surface area contributed by atoms with E-state index in [1.807, 2.05) is 44.2 Å². The minimum absolute atomic E-state index is 0.145. The molecule has 1 fully saturated rings. The molecule has 2 aromatic carbocycles. The lowest BCUT2D eigenvalue weighted by atomic mass is 9.96. The van der Waals surface area contributed by atoms with E-state index in [-0.39, 0.29) is 29.8 Å². The number of rotatable bonds is 4. The molecule has 0 aromatic heterocycles. The van der Waals surface area contributed by atoms with Crippen molar-refractivity contribution >= 4 is 27.6 Å². The first-order chi connectivity index (χ1) is 15.2. The molecule has 0 N–H and O–H groups in total. The third kappa shape index (κ3) is 3.93. The van der Waals surface area contributed by atoms with Crippen LogP contribution in [0.4, 0.5) is 5.69 Å². The molecule has 32 heavy (non-hydrogen) atoms. The van der Waals surface area contributed by atoms with Gasteiger partial charge in [-0.2, -0.15) is 4.31 Å². The van der Waals surface area contributed by atoms with Crippen molar-refractivity contribution < 1.29 is 22.7 Å². The fourth-order valence-electron chi connectivity index (χ4n) is 4.55. The third-order valence-corrected chi connectivity index (χ3v) is 8.50. The molecule has 0 aliphatic carbocycles. The van der Waals surface area contributed by atoms with Crippen molar-refractivity contribution in [1.82, 2.24) is 4.31 Å². The Bertz CT molecular complexity index is 1150. The van der Waals surface area contributed by atoms with Crippen molar-refractivity contribution in [3.05, 3.63) is 59.2 Å². The zero-order valence-corrected chi connectivity index (χ0v) is 19.4. The number of carbonyl (C=O) groups is 2. The summed E-state index contributed by atoms with van der Waals surface area (Å²) < 4.78 is 32.6. The number of para-hydroxylation sites is 1. The Hall–Kier alpha value is -2.71. The van der Waals surface area contributed by atoms with Crippen LogP contribution in [-0.4, -0.2) is 50.8 Å². The van der Waals surface area contributed by atoms with Crippen molar-refractivity contribution in [2.24, 2.45) is 5.92 Å². The van der Waals surface area contributed by atoms with Crippen LogP contribution in [-0.2, 0) is 30.8 Å². The summed E-state index contributed by atoms with van der Waals surface area (Å²) in [6.07, 6.45) is 1.25. The van der Waals surface area contributed by atoms with Gasteiger partial charge in [0.05, 0.1) is 12.0 Å². The molecule has 8 heteroatoms. The molecule has 4 rings (SSSR count). The molecule has 1 amide bonds. The summed E-state index contributed by atoms with van der Waals surface area (Å²) in [5.41, 5.74) is 3.64. The Morgan fingerprint density at radius 2 is 1.69 bits per heavy atom. The number of nitrogens with zero attached hydrogens (tertiary/aromatic N) is 2. The summed E-state index contributed by atoms with van der Waals surface area (Å²) in [6.45, 7) is 4.37. The predicted molar refractivity (Wildman–Crippen MR) is 121 cm³/mol. The van der Waals surface area contributed by atoms with Crippen molar-refractivity contribution in [2.45, 2.75) is 44.0 Å². The van der Waals surface area contributed by atoms with Crippen LogP contribution in [0.25, 0.3) is 0 Å². The summed E-state index contributed by atoms with van der Waals surface area (Å²) in [4.78, 5) is 27.7. The molecule has 0 saturated carbocycles. The van der Waals surface area contributed by atoms with Gasteiger partial charge in [-0.1, -0.05) is 24.3 Å². The fourth-order valence-corrected chi connectivity index (χ4v) is 6.10. The average molecular weight is 457 g/mol. The highest BCUT2D eigenvalue weighted by Gasteiger charge is 2.42. The molecule has 1 saturated heterocycles. The molecule has 1 unspecified atom stereocenters. The number of benzene rings is 2. The fraction of sp³-hybridized carbons (Fsp3) is 0.417. The van der Waals surface area contributed by atoms with Crippen LogP contribution in [0.1, 0.15) is 29.5 Å². The van der Waals surface area contributed by atoms with Gasteiger partial charge in [-0.25, -0.2) is 13.2 Å². The highest BCUT2D eigenvalue weighted by atomic mass is 32.2. The largest absolute Gasteiger partial charge is 0.467 e. The van der Waals surface area contributed by atoms with Gasteiger partial charge in [-0.05, 0) is 61.6 Å². The van der Waals surface area contributed by atoms with Crippen LogP contribution in [0.5, 0.6) is 0 Å². The van der Waals surface area contributed by atoms with Crippen LogP contribution < -0.4 is 4.90 Å². The van der Waals surface area contributed by atoms with Crippen molar-refractivity contribution in [3.63, 3.8) is 0 Å². The Morgan fingerprint density at radius 3 is 2.34 bits per heavy atom. The molecular weight excluding hydrogens is 428 g/mol. The minimum Gasteiger partial charge on any atom is -0.467 e. The van der Waals surface area contributed by atoms with E-state index in [1.54, 1.807) is 17.0 Å². The molecule has 0 bridgehead atoms. The minimum atomic E-state index is -3.61. The maximum Gasteiger partial charge on any atom is 0.329 e. The Morgan fingerprint density at radius 1 is 1.00 bits per heavy atom. The molecule has 0 spiro atoms. The summed E-state index contributed by atoms with van der Waals surface area (Å²) in [6, 6.07) is 12.0. The highest BCUT2D eigenvalue weighted by molar-refractivity contribution is 7.89. The second kappa shape index (κ2) is 8.67. The van der Waals surface area contributed by atoms with Gasteiger partial charge in [0.2, 0.25) is 15.9 Å². The summed E-state index contributed by atoms with van der Waals surface area (Å²) in [7, 11) is -2.29. The molecule has 1 atom stereocenters. The zero-order valence-electron chi connectivity index (χ0n) is 18.6. The SMILES string of the molecule is COC(=O)C1Cc2ccccc2N1C(=O)C1CCN(S(=O)(=O)c2ccc(C)c(C)c2)CC1. The first kappa shape index (κ1) is 22.5. The van der Waals surface area contributed by atoms with Gasteiger partial charge in [0.1, 0.15) is 6.04 Å². The number of aryl methyl sites for hydroxylation is 2. The zero-order chi connectivity index (χ0) is 23.0. The van der Waals surface area contributed by atoms with Crippen molar-refractivity contribution in [3.8, 4) is 0 Å². The number of carbonyl (C=O) groups excluding carboxylic acids is 2. The number of sulfonamides is 1. The van der Waals surface area contributed by atoms with Crippen LogP contribution in [0.2, 0.25) is 0 Å². The van der Waals surface area contributed by atoms with E-state index in [0.29, 0.717) is 19.3 Å². The first-order valence-corrected chi connectivity index (χ1v) is 12.2. The maximum absolute atomic E-state index is 13.5. The van der Waals surface area contributed by atoms with Gasteiger partial charge in [-0.15, -0.1) is 0 Å². The number of methoxy groups -OCH3 is 1. The monoisotopic (exact) mass is 456 g/mol. The average Bonchev–Trinajstić information content (AvgIpc) is 3.19. The smallest absolute Gasteiger partial charge is 0.329 e. The third-order valence-electron chi connectivity index (χ3n) is 6.61. The first-order valence-electron chi connectivity index (χ1n) is 10.8. The molecule has 2 aliphatic rings. The van der Waals surface area contributed by atoms with Crippen LogP contribution >= 0.6 is 0 Å². The summed E-state index contributed by atoms with van der Waals surface area (Å²) in [5.74, 6) is -0.933. The van der Waals surface area contributed by atoms with E-state index in [9.17, 15) is 18.0 Å². The number of esters is 1. The number of hydrogen-bond donors (Lipinski definition) is 0. The van der Waals surface area contributed by atoms with Crippen molar-refractivity contribution in [1.29, 1.82) is 0 Å². The van der Waals surface area contributed by atoms with E-state index in [4.69, 9.17) is 4.74 Å². The number of fused-ring (bicyclic) bond motifs is 1. The predicted octanol–water partition coefficient (Wildman–Crippen LogP) is 2.84. The molecular formula is C24H28N2O5S. The standard InChI is InChI=1S/C24H28N2O5S/c1-16-8-9-20(14-17(16)2)32(29,30)25-12-10-18(11-13-25)23(27)26-21-7-5-4-6-19(21)15-22(26)24(28)31-3/h4-9,14,18,22H,10-13,15H2,1-3H3. The van der Waals surface area contributed by atoms with Gasteiger partial charge in [0.25, 0.3) is 0 Å². The lowest BCUT2D eigenvalue weighted by Gasteiger charge is -2.34. The van der Waals surface area contributed by atoms with Crippen molar-refractivity contribution in [2.75, 3.05) is 25.1 Å². The summed E-state index contributed by atoms with van der Waals surface area (Å²) >= 11 is 0. The van der Waals surface area contributed by atoms with Gasteiger partial charge in [0, 0.05) is 31.1 Å². The Labute approximate surface area is 189 Å². The van der Waals surface area contributed by atoms with Gasteiger partial charge in [0.15, 0.2) is 0 Å². The summed E-state index contributed by atoms with van der Waals surface area (Å²) in [5, 5.41) is 0. The normalized spacial score (nSPS) is 19.6. The Kier molecular flexibility index (Phi) is 6.09. The Balaban J connectivity index is 1.50. The molecule has 2 heterocycles. The van der Waals surface area contributed by atoms with Gasteiger partial charge >= 0.3 is 5.97 Å². The topological polar surface area (TPSA) is 84.0 Å². The molecule has 0 radical (unpaired) electrons. The number of ether oxygens (including phenoxy) is 1. The molecule has 7 nitrogen and oxygen atoms in total. The molecule has 2 aliphatic heterocycles. The lowest BCUT2D eigenvalue weighted by molar-refractivity contribution is -0.143. The second-order valence-corrected chi connectivity index (χ2v) is 10.4. The van der Waals surface area contributed by atoms with E-state index < -0.39 is 22.0 Å². The van der Waals surface area contributed by atoms with Gasteiger partial charge in [-0.3, -0.25) is 9.69 Å².